The van der Waals surface area contributed by atoms with Crippen molar-refractivity contribution in [3.63, 3.8) is 0 Å². The van der Waals surface area contributed by atoms with Crippen LogP contribution in [0.15, 0.2) is 47.4 Å². The van der Waals surface area contributed by atoms with Crippen LogP contribution < -0.4 is 5.32 Å². The third kappa shape index (κ3) is 3.51. The van der Waals surface area contributed by atoms with E-state index in [1.54, 1.807) is 36.0 Å². The Morgan fingerprint density at radius 2 is 1.90 bits per heavy atom. The van der Waals surface area contributed by atoms with Gasteiger partial charge in [0.1, 0.15) is 5.75 Å². The molecule has 108 valence electrons. The smallest absolute Gasteiger partial charge is 0.271 e. The lowest BCUT2D eigenvalue weighted by molar-refractivity contribution is -0.384. The zero-order chi connectivity index (χ0) is 15.4. The Bertz CT molecular complexity index is 686. The lowest BCUT2D eigenvalue weighted by Crippen LogP contribution is -2.12. The number of nitro benzene ring substituents is 1. The van der Waals surface area contributed by atoms with Gasteiger partial charge in [-0.25, -0.2) is 0 Å². The van der Waals surface area contributed by atoms with Crippen LogP contribution in [-0.2, 0) is 0 Å². The number of non-ortho nitro benzene ring substituents is 1. The Morgan fingerprint density at radius 1 is 1.24 bits per heavy atom. The lowest BCUT2D eigenvalue weighted by atomic mass is 10.2. The number of nitrogens with zero attached hydrogens (tertiary/aromatic N) is 1. The molecule has 0 unspecified atom stereocenters. The molecular weight excluding hydrogens is 292 g/mol. The number of benzene rings is 2. The van der Waals surface area contributed by atoms with Crippen LogP contribution in [0.4, 0.5) is 11.4 Å². The quantitative estimate of drug-likeness (QED) is 0.391. The minimum Gasteiger partial charge on any atom is -0.506 e. The molecule has 0 radical (unpaired) electrons. The van der Waals surface area contributed by atoms with Crippen LogP contribution in [0.3, 0.4) is 0 Å². The maximum atomic E-state index is 12.0. The van der Waals surface area contributed by atoms with Crippen molar-refractivity contribution >= 4 is 29.0 Å². The molecule has 0 heterocycles. The Hall–Kier alpha value is -2.54. The van der Waals surface area contributed by atoms with Gasteiger partial charge >= 0.3 is 0 Å². The summed E-state index contributed by atoms with van der Waals surface area (Å²) >= 11 is 1.55. The van der Waals surface area contributed by atoms with Gasteiger partial charge in [-0.1, -0.05) is 0 Å². The van der Waals surface area contributed by atoms with Crippen LogP contribution in [0.25, 0.3) is 0 Å². The van der Waals surface area contributed by atoms with Crippen molar-refractivity contribution in [2.75, 3.05) is 11.6 Å². The number of phenolic OH excluding ortho intramolecular Hbond substituents is 1. The summed E-state index contributed by atoms with van der Waals surface area (Å²) in [5, 5.41) is 22.8. The predicted octanol–water partition coefficient (Wildman–Crippen LogP) is 3.27. The number of phenols is 1. The fourth-order valence-corrected chi connectivity index (χ4v) is 2.08. The molecule has 1 amide bonds. The molecule has 0 bridgehead atoms. The van der Waals surface area contributed by atoms with Gasteiger partial charge in [0, 0.05) is 22.6 Å². The number of hydrogen-bond donors (Lipinski definition) is 2. The van der Waals surface area contributed by atoms with E-state index in [1.165, 1.54) is 6.07 Å². The molecule has 0 aliphatic rings. The summed E-state index contributed by atoms with van der Waals surface area (Å²) in [7, 11) is 0. The van der Waals surface area contributed by atoms with E-state index in [9.17, 15) is 20.0 Å². The van der Waals surface area contributed by atoms with E-state index < -0.39 is 10.8 Å². The molecule has 2 aromatic carbocycles. The first kappa shape index (κ1) is 14.9. The highest BCUT2D eigenvalue weighted by molar-refractivity contribution is 7.98. The number of nitro groups is 1. The SMILES string of the molecule is CSc1ccc(C(=O)Nc2cc([N+](=O)[O-])ccc2O)cc1. The van der Waals surface area contributed by atoms with Crippen molar-refractivity contribution in [3.8, 4) is 5.75 Å². The van der Waals surface area contributed by atoms with Crippen molar-refractivity contribution in [1.29, 1.82) is 0 Å². The van der Waals surface area contributed by atoms with E-state index in [-0.39, 0.29) is 17.1 Å². The van der Waals surface area contributed by atoms with Crippen molar-refractivity contribution in [2.24, 2.45) is 0 Å². The molecule has 0 saturated carbocycles. The van der Waals surface area contributed by atoms with Crippen molar-refractivity contribution in [1.82, 2.24) is 0 Å². The highest BCUT2D eigenvalue weighted by Crippen LogP contribution is 2.28. The standard InChI is InChI=1S/C14H12N2O4S/c1-21-11-5-2-9(3-6-11)14(18)15-12-8-10(16(19)20)4-7-13(12)17/h2-8,17H,1H3,(H,15,18). The largest absolute Gasteiger partial charge is 0.506 e. The molecule has 7 heteroatoms. The number of amides is 1. The monoisotopic (exact) mass is 304 g/mol. The highest BCUT2D eigenvalue weighted by atomic mass is 32.2. The van der Waals surface area contributed by atoms with Crippen LogP contribution in [-0.4, -0.2) is 22.2 Å². The number of nitrogens with one attached hydrogen (secondary N) is 1. The summed E-state index contributed by atoms with van der Waals surface area (Å²) in [5.41, 5.74) is 0.197. The van der Waals surface area contributed by atoms with E-state index in [2.05, 4.69) is 5.32 Å². The number of anilines is 1. The minimum atomic E-state index is -0.595. The fraction of sp³-hybridized carbons (Fsp3) is 0.0714. The lowest BCUT2D eigenvalue weighted by Gasteiger charge is -2.07. The minimum absolute atomic E-state index is 0.00291. The highest BCUT2D eigenvalue weighted by Gasteiger charge is 2.13. The number of hydrogen-bond acceptors (Lipinski definition) is 5. The average Bonchev–Trinajstić information content (AvgIpc) is 2.49. The topological polar surface area (TPSA) is 92.5 Å². The number of carbonyl (C=O) groups is 1. The number of carbonyl (C=O) groups excluding carboxylic acids is 1. The van der Waals surface area contributed by atoms with Crippen molar-refractivity contribution in [2.45, 2.75) is 4.90 Å². The van der Waals surface area contributed by atoms with Crippen molar-refractivity contribution in [3.05, 3.63) is 58.1 Å². The second-order valence-electron chi connectivity index (χ2n) is 4.14. The first-order chi connectivity index (χ1) is 10.0. The van der Waals surface area contributed by atoms with E-state index in [4.69, 9.17) is 0 Å². The molecule has 0 aliphatic carbocycles. The van der Waals surface area contributed by atoms with Gasteiger partial charge in [0.2, 0.25) is 0 Å². The molecule has 0 fully saturated rings. The molecule has 0 aliphatic heterocycles. The predicted molar refractivity (Wildman–Crippen MR) is 80.9 cm³/mol. The first-order valence-electron chi connectivity index (χ1n) is 5.94. The third-order valence-corrected chi connectivity index (χ3v) is 3.53. The Labute approximate surface area is 125 Å². The van der Waals surface area contributed by atoms with Gasteiger partial charge in [0.15, 0.2) is 0 Å². The zero-order valence-electron chi connectivity index (χ0n) is 11.1. The molecule has 0 aromatic heterocycles. The van der Waals surface area contributed by atoms with Gasteiger partial charge in [-0.3, -0.25) is 14.9 Å². The zero-order valence-corrected chi connectivity index (χ0v) is 11.9. The number of thioether (sulfide) groups is 1. The molecule has 2 rings (SSSR count). The molecule has 2 N–H and O–H groups in total. The van der Waals surface area contributed by atoms with Crippen LogP contribution in [0, 0.1) is 10.1 Å². The summed E-state index contributed by atoms with van der Waals surface area (Å²) in [5.74, 6) is -0.673. The van der Waals surface area contributed by atoms with E-state index in [1.807, 2.05) is 6.26 Å². The summed E-state index contributed by atoms with van der Waals surface area (Å²) in [4.78, 5) is 23.2. The van der Waals surface area contributed by atoms with Crippen LogP contribution in [0.1, 0.15) is 10.4 Å². The van der Waals surface area contributed by atoms with Crippen LogP contribution >= 0.6 is 11.8 Å². The fourth-order valence-electron chi connectivity index (χ4n) is 1.67. The molecular formula is C14H12N2O4S. The van der Waals surface area contributed by atoms with Gasteiger partial charge in [0.25, 0.3) is 11.6 Å². The first-order valence-corrected chi connectivity index (χ1v) is 7.16. The van der Waals surface area contributed by atoms with E-state index in [0.29, 0.717) is 5.56 Å². The summed E-state index contributed by atoms with van der Waals surface area (Å²) in [6.07, 6.45) is 1.93. The van der Waals surface area contributed by atoms with Crippen LogP contribution in [0.2, 0.25) is 0 Å². The number of rotatable bonds is 4. The van der Waals surface area contributed by atoms with Gasteiger partial charge in [-0.2, -0.15) is 0 Å². The molecule has 6 nitrogen and oxygen atoms in total. The second kappa shape index (κ2) is 6.27. The van der Waals surface area contributed by atoms with E-state index >= 15 is 0 Å². The van der Waals surface area contributed by atoms with E-state index in [0.717, 1.165) is 17.0 Å². The molecule has 0 atom stereocenters. The molecule has 0 saturated heterocycles. The Balaban J connectivity index is 2.22. The Morgan fingerprint density at radius 3 is 2.48 bits per heavy atom. The second-order valence-corrected chi connectivity index (χ2v) is 5.02. The maximum absolute atomic E-state index is 12.0. The van der Waals surface area contributed by atoms with Gasteiger partial charge in [-0.05, 0) is 36.6 Å². The molecule has 0 spiro atoms. The Kier molecular flexibility index (Phi) is 4.44. The normalized spacial score (nSPS) is 10.1. The summed E-state index contributed by atoms with van der Waals surface area (Å²) in [6.45, 7) is 0. The molecule has 2 aromatic rings. The average molecular weight is 304 g/mol. The van der Waals surface area contributed by atoms with Crippen LogP contribution in [0.5, 0.6) is 5.75 Å². The van der Waals surface area contributed by atoms with Gasteiger partial charge in [0.05, 0.1) is 10.6 Å². The maximum Gasteiger partial charge on any atom is 0.271 e. The molecule has 21 heavy (non-hydrogen) atoms. The number of aromatic hydroxyl groups is 1. The summed E-state index contributed by atoms with van der Waals surface area (Å²) in [6, 6.07) is 10.3. The van der Waals surface area contributed by atoms with Gasteiger partial charge in [-0.15, -0.1) is 11.8 Å². The van der Waals surface area contributed by atoms with Crippen molar-refractivity contribution < 1.29 is 14.8 Å². The van der Waals surface area contributed by atoms with Gasteiger partial charge < -0.3 is 10.4 Å². The third-order valence-electron chi connectivity index (χ3n) is 2.79. The summed E-state index contributed by atoms with van der Waals surface area (Å²) < 4.78 is 0.